The quantitative estimate of drug-likeness (QED) is 0.779. The second-order valence-corrected chi connectivity index (χ2v) is 8.09. The minimum Gasteiger partial charge on any atom is -0.493 e. The number of fused-ring (bicyclic) bond motifs is 1. The van der Waals surface area contributed by atoms with Crippen LogP contribution in [-0.2, 0) is 10.8 Å². The maximum Gasteiger partial charge on any atom is 0.127 e. The second-order valence-electron chi connectivity index (χ2n) is 8.09. The van der Waals surface area contributed by atoms with E-state index in [2.05, 4.69) is 53.3 Å². The summed E-state index contributed by atoms with van der Waals surface area (Å²) in [6.45, 7) is 16.4. The van der Waals surface area contributed by atoms with Crippen LogP contribution >= 0.6 is 0 Å². The molecule has 0 aromatic heterocycles. The van der Waals surface area contributed by atoms with E-state index in [1.807, 2.05) is 0 Å². The van der Waals surface area contributed by atoms with E-state index in [4.69, 9.17) is 4.74 Å². The van der Waals surface area contributed by atoms with Crippen LogP contribution in [0.1, 0.15) is 77.0 Å². The number of hydrogen-bond acceptors (Lipinski definition) is 2. The van der Waals surface area contributed by atoms with Crippen molar-refractivity contribution in [2.45, 2.75) is 71.1 Å². The molecule has 0 spiro atoms. The smallest absolute Gasteiger partial charge is 0.127 e. The van der Waals surface area contributed by atoms with Crippen LogP contribution in [0.2, 0.25) is 0 Å². The molecule has 1 aliphatic carbocycles. The Hall–Kier alpha value is -1.28. The molecule has 0 bridgehead atoms. The lowest BCUT2D eigenvalue weighted by Crippen LogP contribution is -2.34. The van der Waals surface area contributed by atoms with Gasteiger partial charge in [-0.15, -0.1) is 0 Å². The van der Waals surface area contributed by atoms with E-state index in [9.17, 15) is 5.11 Å². The maximum absolute atomic E-state index is 9.29. The standard InChI is InChI=1S/C21H32O2/c1-7-12-23-19-14-18-17(13-16(19)15(2)8-11-22)20(3,4)9-10-21(18,5)6/h13-14,22H,2,7-12H2,1,3-6H3. The first-order chi connectivity index (χ1) is 10.7. The molecule has 0 saturated carbocycles. The van der Waals surface area contributed by atoms with Crippen LogP contribution < -0.4 is 4.74 Å². The molecule has 0 radical (unpaired) electrons. The number of hydrogen-bond donors (Lipinski definition) is 1. The predicted octanol–water partition coefficient (Wildman–Crippen LogP) is 5.22. The van der Waals surface area contributed by atoms with Gasteiger partial charge in [0.2, 0.25) is 0 Å². The van der Waals surface area contributed by atoms with Crippen LogP contribution in [0.5, 0.6) is 5.75 Å². The van der Waals surface area contributed by atoms with Crippen LogP contribution in [0.3, 0.4) is 0 Å². The van der Waals surface area contributed by atoms with E-state index < -0.39 is 0 Å². The molecule has 0 heterocycles. The van der Waals surface area contributed by atoms with Crippen LogP contribution in [-0.4, -0.2) is 18.3 Å². The van der Waals surface area contributed by atoms with Crippen LogP contribution in [0, 0.1) is 0 Å². The first-order valence-corrected chi connectivity index (χ1v) is 8.84. The van der Waals surface area contributed by atoms with E-state index in [1.54, 1.807) is 0 Å². The Bertz CT molecular complexity index is 582. The van der Waals surface area contributed by atoms with Crippen molar-refractivity contribution in [3.8, 4) is 5.75 Å². The number of aliphatic hydroxyl groups is 1. The van der Waals surface area contributed by atoms with Crippen molar-refractivity contribution < 1.29 is 9.84 Å². The minimum atomic E-state index is 0.123. The molecule has 1 aromatic rings. The zero-order valence-corrected chi connectivity index (χ0v) is 15.5. The molecule has 0 fully saturated rings. The number of aliphatic hydroxyl groups excluding tert-OH is 1. The number of ether oxygens (including phenoxy) is 1. The molecule has 128 valence electrons. The fourth-order valence-electron chi connectivity index (χ4n) is 3.47. The summed E-state index contributed by atoms with van der Waals surface area (Å²) in [6.07, 6.45) is 3.95. The third kappa shape index (κ3) is 3.63. The molecule has 2 heteroatoms. The molecule has 2 nitrogen and oxygen atoms in total. The van der Waals surface area contributed by atoms with Crippen molar-refractivity contribution in [3.05, 3.63) is 35.4 Å². The van der Waals surface area contributed by atoms with Crippen molar-refractivity contribution in [3.63, 3.8) is 0 Å². The van der Waals surface area contributed by atoms with Gasteiger partial charge in [0.1, 0.15) is 5.75 Å². The van der Waals surface area contributed by atoms with E-state index in [0.717, 1.165) is 23.3 Å². The highest BCUT2D eigenvalue weighted by molar-refractivity contribution is 5.71. The zero-order valence-electron chi connectivity index (χ0n) is 15.5. The first kappa shape index (κ1) is 18.1. The largest absolute Gasteiger partial charge is 0.493 e. The summed E-state index contributed by atoms with van der Waals surface area (Å²) in [5.74, 6) is 0.926. The Morgan fingerprint density at radius 3 is 2.22 bits per heavy atom. The Morgan fingerprint density at radius 1 is 1.13 bits per heavy atom. The Morgan fingerprint density at radius 2 is 1.70 bits per heavy atom. The first-order valence-electron chi connectivity index (χ1n) is 8.84. The maximum atomic E-state index is 9.29. The van der Waals surface area contributed by atoms with Crippen LogP contribution in [0.15, 0.2) is 18.7 Å². The molecule has 2 rings (SSSR count). The SMILES string of the molecule is C=C(CCO)c1cc2c(cc1OCCC)C(C)(C)CCC2(C)C. The summed E-state index contributed by atoms with van der Waals surface area (Å²) in [6, 6.07) is 4.52. The van der Waals surface area contributed by atoms with E-state index >= 15 is 0 Å². The Labute approximate surface area is 141 Å². The lowest BCUT2D eigenvalue weighted by Gasteiger charge is -2.42. The monoisotopic (exact) mass is 316 g/mol. The molecule has 1 aromatic carbocycles. The van der Waals surface area contributed by atoms with Crippen molar-refractivity contribution in [1.29, 1.82) is 0 Å². The molecule has 1 N–H and O–H groups in total. The van der Waals surface area contributed by atoms with E-state index in [0.29, 0.717) is 13.0 Å². The molecule has 23 heavy (non-hydrogen) atoms. The van der Waals surface area contributed by atoms with E-state index in [-0.39, 0.29) is 17.4 Å². The van der Waals surface area contributed by atoms with Gasteiger partial charge in [0.25, 0.3) is 0 Å². The molecule has 0 aliphatic heterocycles. The van der Waals surface area contributed by atoms with Gasteiger partial charge < -0.3 is 9.84 Å². The van der Waals surface area contributed by atoms with Gasteiger partial charge in [-0.25, -0.2) is 0 Å². The molecule has 0 amide bonds. The average molecular weight is 316 g/mol. The number of benzene rings is 1. The summed E-state index contributed by atoms with van der Waals surface area (Å²) in [5.41, 5.74) is 5.18. The van der Waals surface area contributed by atoms with Gasteiger partial charge in [-0.1, -0.05) is 41.2 Å². The van der Waals surface area contributed by atoms with Gasteiger partial charge in [0.05, 0.1) is 6.61 Å². The van der Waals surface area contributed by atoms with Crippen molar-refractivity contribution in [1.82, 2.24) is 0 Å². The summed E-state index contributed by atoms with van der Waals surface area (Å²) in [7, 11) is 0. The third-order valence-electron chi connectivity index (χ3n) is 5.21. The topological polar surface area (TPSA) is 29.5 Å². The van der Waals surface area contributed by atoms with Gasteiger partial charge >= 0.3 is 0 Å². The van der Waals surface area contributed by atoms with Gasteiger partial charge in [0.15, 0.2) is 0 Å². The summed E-state index contributed by atoms with van der Waals surface area (Å²) < 4.78 is 6.04. The van der Waals surface area contributed by atoms with Crippen LogP contribution in [0.25, 0.3) is 5.57 Å². The lowest BCUT2D eigenvalue weighted by atomic mass is 9.62. The van der Waals surface area contributed by atoms with Gasteiger partial charge in [-0.2, -0.15) is 0 Å². The van der Waals surface area contributed by atoms with Crippen molar-refractivity contribution >= 4 is 5.57 Å². The molecular formula is C21H32O2. The van der Waals surface area contributed by atoms with Gasteiger partial charge in [-0.3, -0.25) is 0 Å². The van der Waals surface area contributed by atoms with Gasteiger partial charge in [0, 0.05) is 12.2 Å². The minimum absolute atomic E-state index is 0.123. The third-order valence-corrected chi connectivity index (χ3v) is 5.21. The Kier molecular flexibility index (Phi) is 5.25. The molecule has 1 aliphatic rings. The highest BCUT2D eigenvalue weighted by Gasteiger charge is 2.38. The molecule has 0 atom stereocenters. The van der Waals surface area contributed by atoms with Gasteiger partial charge in [-0.05, 0) is 65.3 Å². The normalized spacial score (nSPS) is 18.3. The predicted molar refractivity (Wildman–Crippen MR) is 98.3 cm³/mol. The fourth-order valence-corrected chi connectivity index (χ4v) is 3.47. The fraction of sp³-hybridized carbons (Fsp3) is 0.619. The second kappa shape index (κ2) is 6.68. The Balaban J connectivity index is 2.60. The number of rotatable bonds is 6. The average Bonchev–Trinajstić information content (AvgIpc) is 2.49. The van der Waals surface area contributed by atoms with Crippen molar-refractivity contribution in [2.75, 3.05) is 13.2 Å². The van der Waals surface area contributed by atoms with Crippen LogP contribution in [0.4, 0.5) is 0 Å². The molecule has 0 unspecified atom stereocenters. The lowest BCUT2D eigenvalue weighted by molar-refractivity contribution is 0.301. The summed E-state index contributed by atoms with van der Waals surface area (Å²) in [5, 5.41) is 9.29. The highest BCUT2D eigenvalue weighted by atomic mass is 16.5. The summed E-state index contributed by atoms with van der Waals surface area (Å²) in [4.78, 5) is 0. The highest BCUT2D eigenvalue weighted by Crippen LogP contribution is 2.48. The van der Waals surface area contributed by atoms with Crippen molar-refractivity contribution in [2.24, 2.45) is 0 Å². The summed E-state index contributed by atoms with van der Waals surface area (Å²) >= 11 is 0. The molecular weight excluding hydrogens is 284 g/mol. The van der Waals surface area contributed by atoms with E-state index in [1.165, 1.54) is 24.0 Å². The molecule has 0 saturated heterocycles. The zero-order chi connectivity index (χ0) is 17.3.